The van der Waals surface area contributed by atoms with Crippen LogP contribution in [0.5, 0.6) is 5.75 Å². The van der Waals surface area contributed by atoms with Gasteiger partial charge in [-0.2, -0.15) is 0 Å². The number of amides is 2. The van der Waals surface area contributed by atoms with Crippen LogP contribution in [0, 0.1) is 0 Å². The Bertz CT molecular complexity index is 1270. The fraction of sp³-hybridized carbons (Fsp3) is 0.0741. The third-order valence-corrected chi connectivity index (χ3v) is 6.21. The SMILES string of the molecule is COc1cccc(C(=O)Nc2cccc(SC(C(=O)Nc3ccncc3)c3ccccc3)c2)c1. The van der Waals surface area contributed by atoms with Crippen molar-refractivity contribution in [2.24, 2.45) is 0 Å². The molecular formula is C27H23N3O3S. The third-order valence-electron chi connectivity index (χ3n) is 4.97. The minimum absolute atomic E-state index is 0.145. The molecule has 2 amide bonds. The van der Waals surface area contributed by atoms with Crippen LogP contribution in [0.25, 0.3) is 0 Å². The van der Waals surface area contributed by atoms with Crippen LogP contribution >= 0.6 is 11.8 Å². The highest BCUT2D eigenvalue weighted by Crippen LogP contribution is 2.37. The van der Waals surface area contributed by atoms with Crippen molar-refractivity contribution in [2.75, 3.05) is 17.7 Å². The van der Waals surface area contributed by atoms with Crippen molar-refractivity contribution >= 4 is 35.0 Å². The van der Waals surface area contributed by atoms with Crippen molar-refractivity contribution < 1.29 is 14.3 Å². The van der Waals surface area contributed by atoms with Gasteiger partial charge in [-0.15, -0.1) is 11.8 Å². The number of benzene rings is 3. The first-order valence-corrected chi connectivity index (χ1v) is 11.5. The predicted octanol–water partition coefficient (Wildman–Crippen LogP) is 5.81. The first-order valence-electron chi connectivity index (χ1n) is 10.6. The quantitative estimate of drug-likeness (QED) is 0.318. The van der Waals surface area contributed by atoms with E-state index in [1.165, 1.54) is 11.8 Å². The van der Waals surface area contributed by atoms with Crippen molar-refractivity contribution in [1.29, 1.82) is 0 Å². The lowest BCUT2D eigenvalue weighted by Gasteiger charge is -2.17. The fourth-order valence-electron chi connectivity index (χ4n) is 3.29. The van der Waals surface area contributed by atoms with Crippen molar-refractivity contribution in [3.8, 4) is 5.75 Å². The van der Waals surface area contributed by atoms with E-state index in [1.54, 1.807) is 55.9 Å². The number of carbonyl (C=O) groups excluding carboxylic acids is 2. The summed E-state index contributed by atoms with van der Waals surface area (Å²) in [6.45, 7) is 0. The van der Waals surface area contributed by atoms with Crippen LogP contribution in [0.15, 0.2) is 108 Å². The van der Waals surface area contributed by atoms with E-state index in [-0.39, 0.29) is 11.8 Å². The molecule has 34 heavy (non-hydrogen) atoms. The second kappa shape index (κ2) is 11.2. The van der Waals surface area contributed by atoms with E-state index < -0.39 is 5.25 Å². The van der Waals surface area contributed by atoms with E-state index in [0.717, 1.165) is 10.5 Å². The van der Waals surface area contributed by atoms with Gasteiger partial charge >= 0.3 is 0 Å². The molecule has 1 unspecified atom stereocenters. The standard InChI is InChI=1S/C27H23N3O3S/c1-33-23-11-5-9-20(17-23)26(31)30-22-10-6-12-24(18-22)34-25(19-7-3-2-4-8-19)27(32)29-21-13-15-28-16-14-21/h2-18,25H,1H3,(H,30,31)(H,28,29,32). The van der Waals surface area contributed by atoms with Crippen molar-refractivity contribution in [1.82, 2.24) is 4.98 Å². The van der Waals surface area contributed by atoms with Gasteiger partial charge < -0.3 is 15.4 Å². The molecule has 0 saturated heterocycles. The number of hydrogen-bond donors (Lipinski definition) is 2. The molecule has 6 nitrogen and oxygen atoms in total. The molecule has 1 atom stereocenters. The number of nitrogens with one attached hydrogen (secondary N) is 2. The molecule has 3 aromatic carbocycles. The van der Waals surface area contributed by atoms with E-state index in [1.807, 2.05) is 54.6 Å². The van der Waals surface area contributed by atoms with Gasteiger partial charge in [0.05, 0.1) is 7.11 Å². The highest BCUT2D eigenvalue weighted by molar-refractivity contribution is 8.00. The number of thioether (sulfide) groups is 1. The van der Waals surface area contributed by atoms with Gasteiger partial charge in [0, 0.05) is 34.2 Å². The zero-order chi connectivity index (χ0) is 23.8. The summed E-state index contributed by atoms with van der Waals surface area (Å²) in [4.78, 5) is 30.7. The third kappa shape index (κ3) is 6.02. The maximum atomic E-state index is 13.2. The van der Waals surface area contributed by atoms with Crippen LogP contribution < -0.4 is 15.4 Å². The topological polar surface area (TPSA) is 80.3 Å². The summed E-state index contributed by atoms with van der Waals surface area (Å²) in [5.41, 5.74) is 2.70. The van der Waals surface area contributed by atoms with E-state index >= 15 is 0 Å². The maximum absolute atomic E-state index is 13.2. The summed E-state index contributed by atoms with van der Waals surface area (Å²) in [6.07, 6.45) is 3.27. The van der Waals surface area contributed by atoms with Crippen molar-refractivity contribution in [2.45, 2.75) is 10.1 Å². The van der Waals surface area contributed by atoms with Gasteiger partial charge in [-0.1, -0.05) is 42.5 Å². The van der Waals surface area contributed by atoms with Crippen LogP contribution in [0.4, 0.5) is 11.4 Å². The van der Waals surface area contributed by atoms with Gasteiger partial charge in [0.1, 0.15) is 11.0 Å². The molecule has 0 bridgehead atoms. The maximum Gasteiger partial charge on any atom is 0.255 e. The summed E-state index contributed by atoms with van der Waals surface area (Å²) in [5.74, 6) is 0.229. The molecule has 0 saturated carbocycles. The van der Waals surface area contributed by atoms with Gasteiger partial charge in [0.2, 0.25) is 5.91 Å². The fourth-order valence-corrected chi connectivity index (χ4v) is 4.38. The summed E-state index contributed by atoms with van der Waals surface area (Å²) in [5, 5.41) is 5.39. The molecule has 0 aliphatic heterocycles. The highest BCUT2D eigenvalue weighted by Gasteiger charge is 2.22. The number of aromatic nitrogens is 1. The van der Waals surface area contributed by atoms with E-state index in [0.29, 0.717) is 22.7 Å². The number of pyridine rings is 1. The number of rotatable bonds is 8. The molecule has 0 spiro atoms. The smallest absolute Gasteiger partial charge is 0.255 e. The Morgan fingerprint density at radius 2 is 1.59 bits per heavy atom. The first-order chi connectivity index (χ1) is 16.6. The lowest BCUT2D eigenvalue weighted by atomic mass is 10.1. The second-order valence-electron chi connectivity index (χ2n) is 7.35. The molecule has 0 aliphatic carbocycles. The number of carbonyl (C=O) groups is 2. The Morgan fingerprint density at radius 3 is 2.35 bits per heavy atom. The Morgan fingerprint density at radius 1 is 0.824 bits per heavy atom. The zero-order valence-corrected chi connectivity index (χ0v) is 19.3. The summed E-state index contributed by atoms with van der Waals surface area (Å²) in [6, 6.07) is 27.5. The number of nitrogens with zero attached hydrogens (tertiary/aromatic N) is 1. The van der Waals surface area contributed by atoms with Gasteiger partial charge in [-0.25, -0.2) is 0 Å². The van der Waals surface area contributed by atoms with Crippen LogP contribution in [-0.4, -0.2) is 23.9 Å². The van der Waals surface area contributed by atoms with E-state index in [4.69, 9.17) is 4.74 Å². The molecule has 7 heteroatoms. The molecule has 1 aromatic heterocycles. The summed E-state index contributed by atoms with van der Waals surface area (Å²) in [7, 11) is 1.56. The van der Waals surface area contributed by atoms with Gasteiger partial charge in [0.25, 0.3) is 5.91 Å². The number of methoxy groups -OCH3 is 1. The number of ether oxygens (including phenoxy) is 1. The Labute approximate surface area is 202 Å². The molecule has 4 aromatic rings. The summed E-state index contributed by atoms with van der Waals surface area (Å²) >= 11 is 1.41. The summed E-state index contributed by atoms with van der Waals surface area (Å²) < 4.78 is 5.20. The first kappa shape index (κ1) is 23.1. The van der Waals surface area contributed by atoms with E-state index in [2.05, 4.69) is 15.6 Å². The molecule has 2 N–H and O–H groups in total. The zero-order valence-electron chi connectivity index (χ0n) is 18.5. The van der Waals surface area contributed by atoms with Crippen molar-refractivity contribution in [3.63, 3.8) is 0 Å². The van der Waals surface area contributed by atoms with Gasteiger partial charge in [-0.3, -0.25) is 14.6 Å². The number of hydrogen-bond acceptors (Lipinski definition) is 5. The second-order valence-corrected chi connectivity index (χ2v) is 8.53. The molecule has 170 valence electrons. The Hall–Kier alpha value is -4.10. The molecule has 0 aliphatic rings. The molecular weight excluding hydrogens is 446 g/mol. The normalized spacial score (nSPS) is 11.3. The Balaban J connectivity index is 1.53. The largest absolute Gasteiger partial charge is 0.497 e. The Kier molecular flexibility index (Phi) is 7.57. The van der Waals surface area contributed by atoms with Crippen LogP contribution in [0.3, 0.4) is 0 Å². The molecule has 0 radical (unpaired) electrons. The lowest BCUT2D eigenvalue weighted by Crippen LogP contribution is -2.19. The molecule has 1 heterocycles. The predicted molar refractivity (Wildman–Crippen MR) is 135 cm³/mol. The molecule has 4 rings (SSSR count). The highest BCUT2D eigenvalue weighted by atomic mass is 32.2. The van der Waals surface area contributed by atoms with Crippen LogP contribution in [0.1, 0.15) is 21.2 Å². The lowest BCUT2D eigenvalue weighted by molar-refractivity contribution is -0.115. The van der Waals surface area contributed by atoms with Crippen LogP contribution in [0.2, 0.25) is 0 Å². The van der Waals surface area contributed by atoms with Gasteiger partial charge in [-0.05, 0) is 54.1 Å². The van der Waals surface area contributed by atoms with Crippen LogP contribution in [-0.2, 0) is 4.79 Å². The molecule has 0 fully saturated rings. The monoisotopic (exact) mass is 469 g/mol. The van der Waals surface area contributed by atoms with E-state index in [9.17, 15) is 9.59 Å². The van der Waals surface area contributed by atoms with Gasteiger partial charge in [0.15, 0.2) is 0 Å². The average molecular weight is 470 g/mol. The minimum Gasteiger partial charge on any atom is -0.497 e. The van der Waals surface area contributed by atoms with Crippen molar-refractivity contribution in [3.05, 3.63) is 115 Å². The average Bonchev–Trinajstić information content (AvgIpc) is 2.88. The minimum atomic E-state index is -0.487. The number of anilines is 2.